The largest absolute Gasteiger partial charge is 0.396 e. The Balaban J connectivity index is 2.47. The molecule has 0 radical (unpaired) electrons. The van der Waals surface area contributed by atoms with Crippen molar-refractivity contribution in [1.29, 1.82) is 0 Å². The summed E-state index contributed by atoms with van der Waals surface area (Å²) < 4.78 is 25.8. The van der Waals surface area contributed by atoms with Crippen molar-refractivity contribution in [1.82, 2.24) is 4.90 Å². The maximum atomic E-state index is 13.0. The first-order valence-corrected chi connectivity index (χ1v) is 6.07. The maximum Gasteiger partial charge on any atom is 0.159 e. The summed E-state index contributed by atoms with van der Waals surface area (Å²) in [5, 5.41) is 9.18. The summed E-state index contributed by atoms with van der Waals surface area (Å²) in [5.41, 5.74) is 0.630. The molecule has 0 aliphatic heterocycles. The lowest BCUT2D eigenvalue weighted by atomic mass is 9.94. The second-order valence-electron chi connectivity index (χ2n) is 5.56. The molecule has 4 heteroatoms. The lowest BCUT2D eigenvalue weighted by Gasteiger charge is -2.28. The summed E-state index contributed by atoms with van der Waals surface area (Å²) in [6.45, 7) is 5.60. The van der Waals surface area contributed by atoms with Gasteiger partial charge in [0, 0.05) is 25.1 Å². The van der Waals surface area contributed by atoms with Crippen molar-refractivity contribution in [2.75, 3.05) is 26.7 Å². The molecule has 0 bridgehead atoms. The third kappa shape index (κ3) is 4.70. The van der Waals surface area contributed by atoms with Crippen LogP contribution < -0.4 is 0 Å². The van der Waals surface area contributed by atoms with Crippen LogP contribution in [0.5, 0.6) is 0 Å². The van der Waals surface area contributed by atoms with Gasteiger partial charge in [-0.05, 0) is 31.2 Å². The summed E-state index contributed by atoms with van der Waals surface area (Å²) in [5.74, 6) is -1.61. The Bertz CT molecular complexity index is 393. The van der Waals surface area contributed by atoms with Crippen LogP contribution in [0.1, 0.15) is 19.4 Å². The molecule has 1 N–H and O–H groups in total. The van der Waals surface area contributed by atoms with Gasteiger partial charge in [-0.15, -0.1) is 0 Å². The summed E-state index contributed by atoms with van der Waals surface area (Å²) in [6.07, 6.45) is 0.662. The molecule has 102 valence electrons. The van der Waals surface area contributed by atoms with E-state index < -0.39 is 11.6 Å². The Hall–Kier alpha value is -1.00. The molecule has 1 aromatic rings. The molecular formula is C14H21F2NO. The number of rotatable bonds is 6. The lowest BCUT2D eigenvalue weighted by Crippen LogP contribution is -2.35. The molecule has 0 aliphatic rings. The zero-order valence-corrected chi connectivity index (χ0v) is 11.2. The van der Waals surface area contributed by atoms with E-state index in [9.17, 15) is 13.9 Å². The second kappa shape index (κ2) is 6.25. The molecule has 0 heterocycles. The van der Waals surface area contributed by atoms with Crippen LogP contribution in [0.25, 0.3) is 0 Å². The average Bonchev–Trinajstić information content (AvgIpc) is 2.30. The van der Waals surface area contributed by atoms with E-state index in [0.717, 1.165) is 24.7 Å². The topological polar surface area (TPSA) is 23.5 Å². The third-order valence-corrected chi connectivity index (χ3v) is 2.89. The molecule has 0 spiro atoms. The van der Waals surface area contributed by atoms with E-state index in [-0.39, 0.29) is 12.0 Å². The fraction of sp³-hybridized carbons (Fsp3) is 0.571. The van der Waals surface area contributed by atoms with Crippen LogP contribution in [0.15, 0.2) is 18.2 Å². The number of aliphatic hydroxyl groups excluding tert-OH is 1. The van der Waals surface area contributed by atoms with Gasteiger partial charge in [-0.1, -0.05) is 19.9 Å². The second-order valence-corrected chi connectivity index (χ2v) is 5.56. The first-order valence-electron chi connectivity index (χ1n) is 6.07. The highest BCUT2D eigenvalue weighted by molar-refractivity contribution is 5.18. The minimum atomic E-state index is -0.812. The molecule has 0 unspecified atom stereocenters. The number of hydrogen-bond donors (Lipinski definition) is 1. The molecule has 0 aliphatic carbocycles. The van der Waals surface area contributed by atoms with Gasteiger partial charge in [0.05, 0.1) is 0 Å². The van der Waals surface area contributed by atoms with E-state index in [2.05, 4.69) is 4.90 Å². The summed E-state index contributed by atoms with van der Waals surface area (Å²) in [4.78, 5) is 2.08. The van der Waals surface area contributed by atoms with Gasteiger partial charge < -0.3 is 10.0 Å². The summed E-state index contributed by atoms with van der Waals surface area (Å²) >= 11 is 0. The van der Waals surface area contributed by atoms with Crippen molar-refractivity contribution in [2.45, 2.75) is 20.3 Å². The van der Waals surface area contributed by atoms with Gasteiger partial charge in [0.15, 0.2) is 11.6 Å². The molecule has 0 amide bonds. The minimum absolute atomic E-state index is 0.127. The Morgan fingerprint density at radius 2 is 1.89 bits per heavy atom. The Morgan fingerprint density at radius 1 is 1.22 bits per heavy atom. The number of benzene rings is 1. The quantitative estimate of drug-likeness (QED) is 0.846. The minimum Gasteiger partial charge on any atom is -0.396 e. The highest BCUT2D eigenvalue weighted by Gasteiger charge is 2.18. The molecule has 2 nitrogen and oxygen atoms in total. The highest BCUT2D eigenvalue weighted by Crippen LogP contribution is 2.15. The number of aliphatic hydroxyl groups is 1. The van der Waals surface area contributed by atoms with Gasteiger partial charge in [0.2, 0.25) is 0 Å². The van der Waals surface area contributed by atoms with Crippen LogP contribution in [0.3, 0.4) is 0 Å². The predicted octanol–water partition coefficient (Wildman–Crippen LogP) is 2.46. The smallest absolute Gasteiger partial charge is 0.159 e. The van der Waals surface area contributed by atoms with E-state index in [1.54, 1.807) is 6.07 Å². The Kier molecular flexibility index (Phi) is 5.23. The van der Waals surface area contributed by atoms with Gasteiger partial charge in [-0.2, -0.15) is 0 Å². The normalized spacial score (nSPS) is 12.2. The predicted molar refractivity (Wildman–Crippen MR) is 68.4 cm³/mol. The molecule has 0 saturated carbocycles. The fourth-order valence-corrected chi connectivity index (χ4v) is 1.87. The van der Waals surface area contributed by atoms with Crippen LogP contribution in [-0.4, -0.2) is 36.8 Å². The zero-order chi connectivity index (χ0) is 13.8. The van der Waals surface area contributed by atoms with Gasteiger partial charge in [-0.3, -0.25) is 0 Å². The number of hydrogen-bond acceptors (Lipinski definition) is 2. The van der Waals surface area contributed by atoms with Crippen LogP contribution >= 0.6 is 0 Å². The SMILES string of the molecule is CN(CCc1ccc(F)c(F)c1)CC(C)(C)CO. The molecule has 0 saturated heterocycles. The number of likely N-dealkylation sites (N-methyl/N-ethyl adjacent to an activating group) is 1. The third-order valence-electron chi connectivity index (χ3n) is 2.89. The van der Waals surface area contributed by atoms with E-state index >= 15 is 0 Å². The van der Waals surface area contributed by atoms with Crippen LogP contribution in [0, 0.1) is 17.0 Å². The van der Waals surface area contributed by atoms with Crippen LogP contribution in [-0.2, 0) is 6.42 Å². The van der Waals surface area contributed by atoms with Gasteiger partial charge in [0.1, 0.15) is 0 Å². The molecule has 1 aromatic carbocycles. The van der Waals surface area contributed by atoms with Crippen molar-refractivity contribution in [3.8, 4) is 0 Å². The monoisotopic (exact) mass is 257 g/mol. The summed E-state index contributed by atoms with van der Waals surface area (Å²) in [6, 6.07) is 3.99. The van der Waals surface area contributed by atoms with E-state index in [1.165, 1.54) is 6.07 Å². The zero-order valence-electron chi connectivity index (χ0n) is 11.2. The van der Waals surface area contributed by atoms with E-state index in [0.29, 0.717) is 6.42 Å². The fourth-order valence-electron chi connectivity index (χ4n) is 1.87. The van der Waals surface area contributed by atoms with E-state index in [1.807, 2.05) is 20.9 Å². The van der Waals surface area contributed by atoms with Crippen LogP contribution in [0.4, 0.5) is 8.78 Å². The van der Waals surface area contributed by atoms with Gasteiger partial charge in [0.25, 0.3) is 0 Å². The van der Waals surface area contributed by atoms with Crippen molar-refractivity contribution in [2.24, 2.45) is 5.41 Å². The summed E-state index contributed by atoms with van der Waals surface area (Å²) in [7, 11) is 1.96. The molecular weight excluding hydrogens is 236 g/mol. The molecule has 0 atom stereocenters. The van der Waals surface area contributed by atoms with Crippen LogP contribution in [0.2, 0.25) is 0 Å². The molecule has 18 heavy (non-hydrogen) atoms. The molecule has 0 aromatic heterocycles. The van der Waals surface area contributed by atoms with Gasteiger partial charge >= 0.3 is 0 Å². The average molecular weight is 257 g/mol. The Labute approximate surface area is 107 Å². The first-order chi connectivity index (χ1) is 8.34. The lowest BCUT2D eigenvalue weighted by molar-refractivity contribution is 0.116. The van der Waals surface area contributed by atoms with Crippen molar-refractivity contribution in [3.05, 3.63) is 35.4 Å². The number of nitrogens with zero attached hydrogens (tertiary/aromatic N) is 1. The Morgan fingerprint density at radius 3 is 2.44 bits per heavy atom. The maximum absolute atomic E-state index is 13.0. The number of halogens is 2. The van der Waals surface area contributed by atoms with Gasteiger partial charge in [-0.25, -0.2) is 8.78 Å². The molecule has 0 fully saturated rings. The van der Waals surface area contributed by atoms with Crippen molar-refractivity contribution in [3.63, 3.8) is 0 Å². The van der Waals surface area contributed by atoms with E-state index in [4.69, 9.17) is 0 Å². The first kappa shape index (κ1) is 15.1. The van der Waals surface area contributed by atoms with Crippen molar-refractivity contribution < 1.29 is 13.9 Å². The standard InChI is InChI=1S/C14H21F2NO/c1-14(2,10-18)9-17(3)7-6-11-4-5-12(15)13(16)8-11/h4-5,8,18H,6-7,9-10H2,1-3H3. The molecule has 1 rings (SSSR count). The highest BCUT2D eigenvalue weighted by atomic mass is 19.2. The van der Waals surface area contributed by atoms with Crippen molar-refractivity contribution >= 4 is 0 Å².